The molecular weight excluding hydrogens is 320 g/mol. The van der Waals surface area contributed by atoms with Crippen molar-refractivity contribution in [2.45, 2.75) is 25.9 Å². The van der Waals surface area contributed by atoms with Gasteiger partial charge >= 0.3 is 5.97 Å². The van der Waals surface area contributed by atoms with Crippen LogP contribution in [-0.2, 0) is 25.5 Å². The van der Waals surface area contributed by atoms with E-state index in [0.717, 1.165) is 16.6 Å². The summed E-state index contributed by atoms with van der Waals surface area (Å²) >= 11 is 0. The number of pyridine rings is 1. The third-order valence-corrected chi connectivity index (χ3v) is 4.19. The minimum atomic E-state index is -0.385. The van der Waals surface area contributed by atoms with Gasteiger partial charge in [-0.1, -0.05) is 24.3 Å². The molecule has 6 nitrogen and oxygen atoms in total. The fourth-order valence-corrected chi connectivity index (χ4v) is 2.83. The van der Waals surface area contributed by atoms with Gasteiger partial charge in [-0.25, -0.2) is 0 Å². The molecule has 0 N–H and O–H groups in total. The van der Waals surface area contributed by atoms with E-state index in [2.05, 4.69) is 4.98 Å². The van der Waals surface area contributed by atoms with Gasteiger partial charge in [0.05, 0.1) is 24.6 Å². The summed E-state index contributed by atoms with van der Waals surface area (Å²) in [5.41, 5.74) is 1.74. The second kappa shape index (κ2) is 8.07. The van der Waals surface area contributed by atoms with Crippen molar-refractivity contribution in [2.24, 2.45) is 0 Å². The molecule has 0 aliphatic carbocycles. The Morgan fingerprint density at radius 3 is 2.96 bits per heavy atom. The Labute approximate surface area is 146 Å². The van der Waals surface area contributed by atoms with Crippen LogP contribution in [0.15, 0.2) is 36.4 Å². The first-order valence-electron chi connectivity index (χ1n) is 8.51. The van der Waals surface area contributed by atoms with Crippen LogP contribution in [0.1, 0.15) is 19.0 Å². The summed E-state index contributed by atoms with van der Waals surface area (Å²) in [5, 5.41) is 1.07. The number of para-hydroxylation sites is 1. The predicted octanol–water partition coefficient (Wildman–Crippen LogP) is 1.96. The zero-order chi connectivity index (χ0) is 17.6. The number of hydrogen-bond donors (Lipinski definition) is 0. The van der Waals surface area contributed by atoms with Crippen molar-refractivity contribution in [3.63, 3.8) is 0 Å². The van der Waals surface area contributed by atoms with Crippen LogP contribution >= 0.6 is 0 Å². The first-order valence-corrected chi connectivity index (χ1v) is 8.51. The van der Waals surface area contributed by atoms with Gasteiger partial charge in [-0.05, 0) is 19.1 Å². The van der Waals surface area contributed by atoms with E-state index >= 15 is 0 Å². The highest BCUT2D eigenvalue weighted by molar-refractivity contribution is 5.81. The molecule has 1 atom stereocenters. The number of amides is 1. The van der Waals surface area contributed by atoms with Crippen molar-refractivity contribution in [3.8, 4) is 0 Å². The van der Waals surface area contributed by atoms with Crippen molar-refractivity contribution < 1.29 is 19.1 Å². The SMILES string of the molecule is CC1CN(C(=O)COC(=O)CCc2ccc3ccccc3n2)CCO1. The van der Waals surface area contributed by atoms with Gasteiger partial charge in [0.1, 0.15) is 0 Å². The van der Waals surface area contributed by atoms with Crippen LogP contribution in [0.5, 0.6) is 0 Å². The molecule has 3 rings (SSSR count). The van der Waals surface area contributed by atoms with E-state index in [-0.39, 0.29) is 31.0 Å². The number of carbonyl (C=O) groups excluding carboxylic acids is 2. The standard InChI is InChI=1S/C19H22N2O4/c1-14-12-21(10-11-24-14)18(22)13-25-19(23)9-8-16-7-6-15-4-2-3-5-17(15)20-16/h2-7,14H,8-13H2,1H3. The van der Waals surface area contributed by atoms with Gasteiger partial charge in [0.25, 0.3) is 5.91 Å². The van der Waals surface area contributed by atoms with Crippen molar-refractivity contribution in [1.29, 1.82) is 0 Å². The number of rotatable bonds is 5. The van der Waals surface area contributed by atoms with Crippen LogP contribution in [0.4, 0.5) is 0 Å². The average Bonchev–Trinajstić information content (AvgIpc) is 2.64. The molecule has 1 amide bonds. The number of ether oxygens (including phenoxy) is 2. The van der Waals surface area contributed by atoms with Gasteiger partial charge in [-0.2, -0.15) is 0 Å². The van der Waals surface area contributed by atoms with E-state index < -0.39 is 0 Å². The summed E-state index contributed by atoms with van der Waals surface area (Å²) < 4.78 is 10.5. The number of fused-ring (bicyclic) bond motifs is 1. The molecule has 0 radical (unpaired) electrons. The molecule has 2 heterocycles. The molecule has 1 aromatic carbocycles. The summed E-state index contributed by atoms with van der Waals surface area (Å²) in [4.78, 5) is 30.1. The van der Waals surface area contributed by atoms with Crippen molar-refractivity contribution in [3.05, 3.63) is 42.1 Å². The highest BCUT2D eigenvalue weighted by atomic mass is 16.5. The van der Waals surface area contributed by atoms with Gasteiger partial charge in [0.15, 0.2) is 6.61 Å². The van der Waals surface area contributed by atoms with E-state index in [9.17, 15) is 9.59 Å². The van der Waals surface area contributed by atoms with Crippen LogP contribution in [0.3, 0.4) is 0 Å². The number of benzene rings is 1. The fourth-order valence-electron chi connectivity index (χ4n) is 2.83. The van der Waals surface area contributed by atoms with E-state index in [0.29, 0.717) is 26.1 Å². The van der Waals surface area contributed by atoms with E-state index in [1.165, 1.54) is 0 Å². The number of aromatic nitrogens is 1. The molecule has 1 saturated heterocycles. The number of nitrogens with zero attached hydrogens (tertiary/aromatic N) is 2. The van der Waals surface area contributed by atoms with Crippen molar-refractivity contribution in [2.75, 3.05) is 26.3 Å². The summed E-state index contributed by atoms with van der Waals surface area (Å²) in [7, 11) is 0. The quantitative estimate of drug-likeness (QED) is 0.777. The maximum absolute atomic E-state index is 12.0. The lowest BCUT2D eigenvalue weighted by molar-refractivity contribution is -0.154. The maximum Gasteiger partial charge on any atom is 0.306 e. The molecular formula is C19H22N2O4. The molecule has 25 heavy (non-hydrogen) atoms. The van der Waals surface area contributed by atoms with Crippen LogP contribution < -0.4 is 0 Å². The van der Waals surface area contributed by atoms with Crippen LogP contribution in [-0.4, -0.2) is 54.2 Å². The molecule has 1 aliphatic heterocycles. The second-order valence-corrected chi connectivity index (χ2v) is 6.18. The Bertz CT molecular complexity index is 762. The largest absolute Gasteiger partial charge is 0.456 e. The smallest absolute Gasteiger partial charge is 0.306 e. The molecule has 6 heteroatoms. The molecule has 132 valence electrons. The number of hydrogen-bond acceptors (Lipinski definition) is 5. The van der Waals surface area contributed by atoms with Crippen LogP contribution in [0.25, 0.3) is 10.9 Å². The topological polar surface area (TPSA) is 68.7 Å². The van der Waals surface area contributed by atoms with Gasteiger partial charge in [0.2, 0.25) is 0 Å². The minimum absolute atomic E-state index is 0.0207. The number of morpholine rings is 1. The number of aryl methyl sites for hydroxylation is 1. The number of esters is 1. The third kappa shape index (κ3) is 4.76. The Kier molecular flexibility index (Phi) is 5.60. The zero-order valence-electron chi connectivity index (χ0n) is 14.3. The molecule has 0 spiro atoms. The first kappa shape index (κ1) is 17.4. The molecule has 0 bridgehead atoms. The lowest BCUT2D eigenvalue weighted by atomic mass is 10.1. The van der Waals surface area contributed by atoms with Crippen molar-refractivity contribution >= 4 is 22.8 Å². The molecule has 1 fully saturated rings. The normalized spacial score (nSPS) is 17.5. The second-order valence-electron chi connectivity index (χ2n) is 6.18. The molecule has 1 aromatic heterocycles. The predicted molar refractivity (Wildman–Crippen MR) is 93.0 cm³/mol. The minimum Gasteiger partial charge on any atom is -0.456 e. The van der Waals surface area contributed by atoms with Gasteiger partial charge in [-0.3, -0.25) is 14.6 Å². The fraction of sp³-hybridized carbons (Fsp3) is 0.421. The van der Waals surface area contributed by atoms with Crippen LogP contribution in [0.2, 0.25) is 0 Å². The summed E-state index contributed by atoms with van der Waals surface area (Å²) in [5.74, 6) is -0.558. The summed E-state index contributed by atoms with van der Waals surface area (Å²) in [6, 6.07) is 11.7. The van der Waals surface area contributed by atoms with E-state index in [1.807, 2.05) is 43.3 Å². The third-order valence-electron chi connectivity index (χ3n) is 4.19. The monoisotopic (exact) mass is 342 g/mol. The first-order chi connectivity index (χ1) is 12.1. The lowest BCUT2D eigenvalue weighted by Crippen LogP contribution is -2.46. The highest BCUT2D eigenvalue weighted by Crippen LogP contribution is 2.13. The van der Waals surface area contributed by atoms with E-state index in [4.69, 9.17) is 9.47 Å². The molecule has 1 aliphatic rings. The summed E-state index contributed by atoms with van der Waals surface area (Å²) in [6.07, 6.45) is 0.720. The molecule has 2 aromatic rings. The van der Waals surface area contributed by atoms with Gasteiger partial charge < -0.3 is 14.4 Å². The lowest BCUT2D eigenvalue weighted by Gasteiger charge is -2.30. The summed E-state index contributed by atoms with van der Waals surface area (Å²) in [6.45, 7) is 3.31. The maximum atomic E-state index is 12.0. The van der Waals surface area contributed by atoms with Gasteiger partial charge in [0, 0.05) is 30.6 Å². The molecule has 1 unspecified atom stereocenters. The van der Waals surface area contributed by atoms with Crippen molar-refractivity contribution in [1.82, 2.24) is 9.88 Å². The highest BCUT2D eigenvalue weighted by Gasteiger charge is 2.22. The number of carbonyl (C=O) groups is 2. The van der Waals surface area contributed by atoms with Crippen LogP contribution in [0, 0.1) is 0 Å². The molecule has 0 saturated carbocycles. The van der Waals surface area contributed by atoms with E-state index in [1.54, 1.807) is 4.90 Å². The average molecular weight is 342 g/mol. The Morgan fingerprint density at radius 2 is 2.12 bits per heavy atom. The Hall–Kier alpha value is -2.47. The van der Waals surface area contributed by atoms with Gasteiger partial charge in [-0.15, -0.1) is 0 Å². The Morgan fingerprint density at radius 1 is 1.28 bits per heavy atom. The Balaban J connectivity index is 1.45. The zero-order valence-corrected chi connectivity index (χ0v) is 14.3.